The molecular formula is C23H29ClN2O3S. The summed E-state index contributed by atoms with van der Waals surface area (Å²) in [6.07, 6.45) is 2.75. The van der Waals surface area contributed by atoms with Crippen molar-refractivity contribution in [2.24, 2.45) is 5.92 Å². The van der Waals surface area contributed by atoms with Gasteiger partial charge in [0, 0.05) is 31.7 Å². The maximum Gasteiger partial charge on any atom is 0.227 e. The molecule has 1 saturated heterocycles. The molecule has 1 fully saturated rings. The topological polar surface area (TPSA) is 57.7 Å². The Morgan fingerprint density at radius 2 is 1.80 bits per heavy atom. The number of sulfonamides is 1. The van der Waals surface area contributed by atoms with E-state index in [1.54, 1.807) is 24.1 Å². The Labute approximate surface area is 184 Å². The molecule has 3 rings (SSSR count). The van der Waals surface area contributed by atoms with Crippen molar-refractivity contribution in [2.75, 3.05) is 25.9 Å². The summed E-state index contributed by atoms with van der Waals surface area (Å²) < 4.78 is 27.2. The fraction of sp³-hybridized carbons (Fsp3) is 0.435. The van der Waals surface area contributed by atoms with Crippen LogP contribution in [0.2, 0.25) is 5.02 Å². The van der Waals surface area contributed by atoms with E-state index in [0.29, 0.717) is 31.0 Å². The van der Waals surface area contributed by atoms with Gasteiger partial charge in [-0.2, -0.15) is 0 Å². The minimum absolute atomic E-state index is 0.00543. The van der Waals surface area contributed by atoms with Gasteiger partial charge >= 0.3 is 0 Å². The molecule has 2 aromatic rings. The van der Waals surface area contributed by atoms with Crippen LogP contribution in [0.25, 0.3) is 0 Å². The van der Waals surface area contributed by atoms with Crippen molar-refractivity contribution in [2.45, 2.75) is 32.2 Å². The summed E-state index contributed by atoms with van der Waals surface area (Å²) in [4.78, 5) is 14.6. The second-order valence-corrected chi connectivity index (χ2v) is 10.4. The Morgan fingerprint density at radius 1 is 1.10 bits per heavy atom. The normalized spacial score (nSPS) is 17.6. The smallest absolute Gasteiger partial charge is 0.227 e. The first kappa shape index (κ1) is 22.8. The highest BCUT2D eigenvalue weighted by atomic mass is 35.5. The molecule has 1 amide bonds. The standard InChI is InChI=1S/C23H29ClN2O3S/c1-25(17-20-11-13-22(24)14-12-20)23(27)21-10-5-15-26(18-21)30(28,29)16-6-9-19-7-3-2-4-8-19/h2-4,7-8,11-14,21H,5-6,9-10,15-18H2,1H3/t21-/m0/s1. The predicted molar refractivity (Wildman–Crippen MR) is 121 cm³/mol. The number of halogens is 1. The molecule has 2 aromatic carbocycles. The van der Waals surface area contributed by atoms with Crippen LogP contribution in [-0.2, 0) is 27.8 Å². The maximum absolute atomic E-state index is 12.9. The van der Waals surface area contributed by atoms with Gasteiger partial charge in [-0.3, -0.25) is 4.79 Å². The minimum atomic E-state index is -3.36. The highest BCUT2D eigenvalue weighted by Crippen LogP contribution is 2.23. The first-order chi connectivity index (χ1) is 14.3. The van der Waals surface area contributed by atoms with Gasteiger partial charge < -0.3 is 4.90 Å². The summed E-state index contributed by atoms with van der Waals surface area (Å²) in [5.74, 6) is -0.183. The summed E-state index contributed by atoms with van der Waals surface area (Å²) in [7, 11) is -1.59. The number of hydrogen-bond donors (Lipinski definition) is 0. The van der Waals surface area contributed by atoms with Crippen molar-refractivity contribution in [3.05, 3.63) is 70.7 Å². The molecule has 1 aliphatic rings. The van der Waals surface area contributed by atoms with E-state index in [9.17, 15) is 13.2 Å². The third-order valence-electron chi connectivity index (χ3n) is 5.55. The van der Waals surface area contributed by atoms with Gasteiger partial charge in [0.25, 0.3) is 0 Å². The Balaban J connectivity index is 1.53. The molecule has 162 valence electrons. The molecule has 7 heteroatoms. The Morgan fingerprint density at radius 3 is 2.50 bits per heavy atom. The second kappa shape index (κ2) is 10.4. The lowest BCUT2D eigenvalue weighted by Crippen LogP contribution is -2.46. The number of amides is 1. The number of rotatable bonds is 8. The molecule has 5 nitrogen and oxygen atoms in total. The molecule has 0 bridgehead atoms. The monoisotopic (exact) mass is 448 g/mol. The summed E-state index contributed by atoms with van der Waals surface area (Å²) >= 11 is 5.92. The molecule has 0 aliphatic carbocycles. The summed E-state index contributed by atoms with van der Waals surface area (Å²) in [5.41, 5.74) is 2.14. The van der Waals surface area contributed by atoms with E-state index in [1.165, 1.54) is 4.31 Å². The average Bonchev–Trinajstić information content (AvgIpc) is 2.75. The fourth-order valence-electron chi connectivity index (χ4n) is 3.88. The zero-order valence-electron chi connectivity index (χ0n) is 17.3. The summed E-state index contributed by atoms with van der Waals surface area (Å²) in [6, 6.07) is 17.3. The Kier molecular flexibility index (Phi) is 7.92. The van der Waals surface area contributed by atoms with Crippen molar-refractivity contribution in [3.8, 4) is 0 Å². The van der Waals surface area contributed by atoms with Crippen molar-refractivity contribution in [1.29, 1.82) is 0 Å². The first-order valence-corrected chi connectivity index (χ1v) is 12.3. The van der Waals surface area contributed by atoms with Crippen molar-refractivity contribution in [3.63, 3.8) is 0 Å². The second-order valence-electron chi connectivity index (χ2n) is 7.92. The molecule has 0 spiro atoms. The number of aryl methyl sites for hydroxylation is 1. The number of carbonyl (C=O) groups is 1. The summed E-state index contributed by atoms with van der Waals surface area (Å²) in [5, 5.41) is 0.660. The molecule has 1 heterocycles. The van der Waals surface area contributed by atoms with Gasteiger partial charge in [0.15, 0.2) is 0 Å². The van der Waals surface area contributed by atoms with E-state index in [-0.39, 0.29) is 24.1 Å². The molecule has 0 radical (unpaired) electrons. The fourth-order valence-corrected chi connectivity index (χ4v) is 5.59. The van der Waals surface area contributed by atoms with Gasteiger partial charge in [0.2, 0.25) is 15.9 Å². The molecule has 1 atom stereocenters. The number of piperidine rings is 1. The number of carbonyl (C=O) groups excluding carboxylic acids is 1. The van der Waals surface area contributed by atoms with Gasteiger partial charge in [-0.15, -0.1) is 0 Å². The van der Waals surface area contributed by atoms with E-state index in [2.05, 4.69) is 0 Å². The highest BCUT2D eigenvalue weighted by Gasteiger charge is 2.33. The van der Waals surface area contributed by atoms with E-state index in [4.69, 9.17) is 11.6 Å². The van der Waals surface area contributed by atoms with Gasteiger partial charge in [-0.05, 0) is 48.9 Å². The van der Waals surface area contributed by atoms with E-state index in [0.717, 1.165) is 24.0 Å². The lowest BCUT2D eigenvalue weighted by molar-refractivity contribution is -0.135. The minimum Gasteiger partial charge on any atom is -0.341 e. The van der Waals surface area contributed by atoms with Crippen LogP contribution in [0.15, 0.2) is 54.6 Å². The largest absolute Gasteiger partial charge is 0.341 e. The van der Waals surface area contributed by atoms with Crippen LogP contribution in [0, 0.1) is 5.92 Å². The average molecular weight is 449 g/mol. The predicted octanol–water partition coefficient (Wildman–Crippen LogP) is 3.97. The van der Waals surface area contributed by atoms with E-state index >= 15 is 0 Å². The van der Waals surface area contributed by atoms with Crippen molar-refractivity contribution < 1.29 is 13.2 Å². The van der Waals surface area contributed by atoms with Crippen LogP contribution in [0.4, 0.5) is 0 Å². The lowest BCUT2D eigenvalue weighted by atomic mass is 9.98. The van der Waals surface area contributed by atoms with Crippen molar-refractivity contribution >= 4 is 27.5 Å². The van der Waals surface area contributed by atoms with Crippen LogP contribution < -0.4 is 0 Å². The molecule has 0 N–H and O–H groups in total. The molecule has 30 heavy (non-hydrogen) atoms. The molecule has 1 aliphatic heterocycles. The Bertz CT molecular complexity index is 933. The van der Waals surface area contributed by atoms with Crippen LogP contribution >= 0.6 is 11.6 Å². The lowest BCUT2D eigenvalue weighted by Gasteiger charge is -2.33. The number of hydrogen-bond acceptors (Lipinski definition) is 3. The maximum atomic E-state index is 12.9. The quantitative estimate of drug-likeness (QED) is 0.613. The molecule has 0 saturated carbocycles. The summed E-state index contributed by atoms with van der Waals surface area (Å²) in [6.45, 7) is 1.26. The van der Waals surface area contributed by atoms with Crippen LogP contribution in [-0.4, -0.2) is 49.4 Å². The zero-order chi connectivity index (χ0) is 21.6. The molecule has 0 aromatic heterocycles. The van der Waals surface area contributed by atoms with E-state index < -0.39 is 10.0 Å². The van der Waals surface area contributed by atoms with Crippen LogP contribution in [0.1, 0.15) is 30.4 Å². The first-order valence-electron chi connectivity index (χ1n) is 10.4. The van der Waals surface area contributed by atoms with Crippen molar-refractivity contribution in [1.82, 2.24) is 9.21 Å². The van der Waals surface area contributed by atoms with Gasteiger partial charge in [0.05, 0.1) is 11.7 Å². The number of benzene rings is 2. The third-order valence-corrected chi connectivity index (χ3v) is 7.72. The highest BCUT2D eigenvalue weighted by molar-refractivity contribution is 7.89. The van der Waals surface area contributed by atoms with Gasteiger partial charge in [-0.25, -0.2) is 12.7 Å². The zero-order valence-corrected chi connectivity index (χ0v) is 18.9. The third kappa shape index (κ3) is 6.30. The van der Waals surface area contributed by atoms with Crippen LogP contribution in [0.5, 0.6) is 0 Å². The molecular weight excluding hydrogens is 420 g/mol. The van der Waals surface area contributed by atoms with E-state index in [1.807, 2.05) is 42.5 Å². The van der Waals surface area contributed by atoms with Gasteiger partial charge in [-0.1, -0.05) is 54.1 Å². The molecule has 0 unspecified atom stereocenters. The SMILES string of the molecule is CN(Cc1ccc(Cl)cc1)C(=O)[C@H]1CCCN(S(=O)(=O)CCCc2ccccc2)C1. The van der Waals surface area contributed by atoms with Gasteiger partial charge in [0.1, 0.15) is 0 Å². The number of nitrogens with zero attached hydrogens (tertiary/aromatic N) is 2. The Hall–Kier alpha value is -1.89. The van der Waals surface area contributed by atoms with Crippen LogP contribution in [0.3, 0.4) is 0 Å².